The highest BCUT2D eigenvalue weighted by atomic mass is 16.5. The number of esters is 1. The van der Waals surface area contributed by atoms with Gasteiger partial charge in [0.05, 0.1) is 30.9 Å². The Hall–Kier alpha value is -1.78. The molecule has 0 bridgehead atoms. The number of anilines is 2. The van der Waals surface area contributed by atoms with Crippen molar-refractivity contribution in [2.24, 2.45) is 0 Å². The lowest BCUT2D eigenvalue weighted by atomic mass is 10.3. The van der Waals surface area contributed by atoms with Crippen LogP contribution >= 0.6 is 0 Å². The maximum Gasteiger partial charge on any atom is 0.325 e. The lowest BCUT2D eigenvalue weighted by molar-refractivity contribution is -0.138. The van der Waals surface area contributed by atoms with Crippen LogP contribution in [0.5, 0.6) is 0 Å². The fourth-order valence-corrected chi connectivity index (χ4v) is 1.15. The predicted octanol–water partition coefficient (Wildman–Crippen LogP) is 1.49. The molecule has 5 heteroatoms. The first-order valence-corrected chi connectivity index (χ1v) is 5.26. The van der Waals surface area contributed by atoms with Crippen LogP contribution in [0.3, 0.4) is 0 Å². The van der Waals surface area contributed by atoms with Gasteiger partial charge >= 0.3 is 5.97 Å². The molecule has 0 aliphatic heterocycles. The van der Waals surface area contributed by atoms with E-state index in [1.165, 1.54) is 7.11 Å². The molecule has 0 aliphatic rings. The number of carbonyl (C=O) groups is 1. The van der Waals surface area contributed by atoms with Gasteiger partial charge in [-0.25, -0.2) is 0 Å². The molecule has 0 amide bonds. The summed E-state index contributed by atoms with van der Waals surface area (Å²) in [5.41, 5.74) is 1.74. The summed E-state index contributed by atoms with van der Waals surface area (Å²) in [6.45, 7) is 3.15. The van der Waals surface area contributed by atoms with Crippen LogP contribution < -0.4 is 10.6 Å². The average molecular weight is 223 g/mol. The number of methoxy groups -OCH3 is 1. The molecule has 0 aromatic carbocycles. The molecule has 2 N–H and O–H groups in total. The molecule has 16 heavy (non-hydrogen) atoms. The minimum absolute atomic E-state index is 0.148. The molecule has 1 aromatic rings. The quantitative estimate of drug-likeness (QED) is 0.715. The number of ether oxygens (including phenoxy) is 1. The molecular formula is C11H17N3O2. The van der Waals surface area contributed by atoms with Gasteiger partial charge in [0.1, 0.15) is 6.54 Å². The average Bonchev–Trinajstić information content (AvgIpc) is 2.34. The number of pyridine rings is 1. The van der Waals surface area contributed by atoms with E-state index in [0.717, 1.165) is 24.3 Å². The minimum Gasteiger partial charge on any atom is -0.468 e. The van der Waals surface area contributed by atoms with Crippen molar-refractivity contribution in [1.82, 2.24) is 4.98 Å². The van der Waals surface area contributed by atoms with Gasteiger partial charge in [-0.15, -0.1) is 0 Å². The molecule has 0 atom stereocenters. The molecule has 0 unspecified atom stereocenters. The van der Waals surface area contributed by atoms with Gasteiger partial charge in [-0.05, 0) is 12.5 Å². The van der Waals surface area contributed by atoms with E-state index in [-0.39, 0.29) is 12.5 Å². The van der Waals surface area contributed by atoms with Gasteiger partial charge in [-0.3, -0.25) is 9.78 Å². The second-order valence-electron chi connectivity index (χ2n) is 3.32. The third kappa shape index (κ3) is 4.16. The minimum atomic E-state index is -0.299. The number of nitrogens with one attached hydrogen (secondary N) is 2. The Kier molecular flexibility index (Phi) is 5.11. The highest BCUT2D eigenvalue weighted by molar-refractivity contribution is 5.75. The summed E-state index contributed by atoms with van der Waals surface area (Å²) in [7, 11) is 1.36. The zero-order valence-electron chi connectivity index (χ0n) is 9.62. The molecule has 1 rings (SSSR count). The van der Waals surface area contributed by atoms with Crippen molar-refractivity contribution in [2.75, 3.05) is 30.8 Å². The van der Waals surface area contributed by atoms with Crippen molar-refractivity contribution in [3.63, 3.8) is 0 Å². The van der Waals surface area contributed by atoms with E-state index in [9.17, 15) is 4.79 Å². The van der Waals surface area contributed by atoms with Crippen LogP contribution in [0.25, 0.3) is 0 Å². The van der Waals surface area contributed by atoms with Gasteiger partial charge in [0.2, 0.25) is 0 Å². The summed E-state index contributed by atoms with van der Waals surface area (Å²) < 4.78 is 4.53. The summed E-state index contributed by atoms with van der Waals surface area (Å²) >= 11 is 0. The summed E-state index contributed by atoms with van der Waals surface area (Å²) in [5, 5.41) is 6.15. The van der Waals surface area contributed by atoms with Crippen LogP contribution in [0, 0.1) is 0 Å². The predicted molar refractivity (Wildman–Crippen MR) is 63.5 cm³/mol. The van der Waals surface area contributed by atoms with Crippen LogP contribution in [0.2, 0.25) is 0 Å². The molecular weight excluding hydrogens is 206 g/mol. The lowest BCUT2D eigenvalue weighted by Gasteiger charge is -2.08. The van der Waals surface area contributed by atoms with Crippen LogP contribution in [0.15, 0.2) is 18.5 Å². The Morgan fingerprint density at radius 2 is 2.06 bits per heavy atom. The van der Waals surface area contributed by atoms with Gasteiger partial charge in [0, 0.05) is 6.54 Å². The fourth-order valence-electron chi connectivity index (χ4n) is 1.15. The Morgan fingerprint density at radius 1 is 1.38 bits per heavy atom. The molecule has 88 valence electrons. The van der Waals surface area contributed by atoms with E-state index in [4.69, 9.17) is 0 Å². The molecule has 5 nitrogen and oxygen atoms in total. The van der Waals surface area contributed by atoms with E-state index in [2.05, 4.69) is 27.3 Å². The SMILES string of the molecule is CCCNc1cncc(NCC(=O)OC)c1. The van der Waals surface area contributed by atoms with E-state index < -0.39 is 0 Å². The first-order chi connectivity index (χ1) is 7.76. The molecule has 0 fully saturated rings. The molecule has 0 saturated heterocycles. The van der Waals surface area contributed by atoms with Crippen molar-refractivity contribution >= 4 is 17.3 Å². The van der Waals surface area contributed by atoms with Crippen molar-refractivity contribution in [2.45, 2.75) is 13.3 Å². The number of nitrogens with zero attached hydrogens (tertiary/aromatic N) is 1. The molecule has 0 aliphatic carbocycles. The normalized spacial score (nSPS) is 9.62. The topological polar surface area (TPSA) is 63.2 Å². The highest BCUT2D eigenvalue weighted by Crippen LogP contribution is 2.12. The number of carbonyl (C=O) groups excluding carboxylic acids is 1. The monoisotopic (exact) mass is 223 g/mol. The summed E-state index contributed by atoms with van der Waals surface area (Å²) in [6.07, 6.45) is 4.47. The zero-order chi connectivity index (χ0) is 11.8. The van der Waals surface area contributed by atoms with E-state index in [1.807, 2.05) is 6.07 Å². The summed E-state index contributed by atoms with van der Waals surface area (Å²) in [5.74, 6) is -0.299. The molecule has 1 heterocycles. The Morgan fingerprint density at radius 3 is 2.69 bits per heavy atom. The first-order valence-electron chi connectivity index (χ1n) is 5.26. The summed E-state index contributed by atoms with van der Waals surface area (Å²) in [6, 6.07) is 1.91. The number of hydrogen-bond acceptors (Lipinski definition) is 5. The smallest absolute Gasteiger partial charge is 0.325 e. The number of hydrogen-bond donors (Lipinski definition) is 2. The van der Waals surface area contributed by atoms with E-state index in [1.54, 1.807) is 12.4 Å². The van der Waals surface area contributed by atoms with Crippen LogP contribution in [0.1, 0.15) is 13.3 Å². The maximum atomic E-state index is 10.9. The molecule has 0 saturated carbocycles. The zero-order valence-corrected chi connectivity index (χ0v) is 9.62. The lowest BCUT2D eigenvalue weighted by Crippen LogP contribution is -2.15. The van der Waals surface area contributed by atoms with Crippen molar-refractivity contribution < 1.29 is 9.53 Å². The molecule has 1 aromatic heterocycles. The molecule has 0 spiro atoms. The molecule has 0 radical (unpaired) electrons. The van der Waals surface area contributed by atoms with Crippen molar-refractivity contribution in [3.8, 4) is 0 Å². The second-order valence-corrected chi connectivity index (χ2v) is 3.32. The van der Waals surface area contributed by atoms with Crippen molar-refractivity contribution in [3.05, 3.63) is 18.5 Å². The Balaban J connectivity index is 2.50. The van der Waals surface area contributed by atoms with Crippen LogP contribution in [-0.4, -0.2) is 31.2 Å². The van der Waals surface area contributed by atoms with Gasteiger partial charge in [-0.1, -0.05) is 6.92 Å². The van der Waals surface area contributed by atoms with Gasteiger partial charge < -0.3 is 15.4 Å². The number of rotatable bonds is 6. The fraction of sp³-hybridized carbons (Fsp3) is 0.455. The van der Waals surface area contributed by atoms with E-state index in [0.29, 0.717) is 0 Å². The second kappa shape index (κ2) is 6.66. The van der Waals surface area contributed by atoms with E-state index >= 15 is 0 Å². The van der Waals surface area contributed by atoms with Crippen LogP contribution in [-0.2, 0) is 9.53 Å². The third-order valence-electron chi connectivity index (χ3n) is 1.98. The van der Waals surface area contributed by atoms with Crippen LogP contribution in [0.4, 0.5) is 11.4 Å². The number of aromatic nitrogens is 1. The first kappa shape index (κ1) is 12.3. The standard InChI is InChI=1S/C11H17N3O2/c1-3-4-13-9-5-10(7-12-6-9)14-8-11(15)16-2/h5-7,13-14H,3-4,8H2,1-2H3. The van der Waals surface area contributed by atoms with Crippen molar-refractivity contribution in [1.29, 1.82) is 0 Å². The largest absolute Gasteiger partial charge is 0.468 e. The Bertz CT molecular complexity index is 342. The maximum absolute atomic E-state index is 10.9. The van der Waals surface area contributed by atoms with Gasteiger partial charge in [-0.2, -0.15) is 0 Å². The Labute approximate surface area is 95.2 Å². The van der Waals surface area contributed by atoms with Gasteiger partial charge in [0.15, 0.2) is 0 Å². The summed E-state index contributed by atoms with van der Waals surface area (Å²) in [4.78, 5) is 15.0. The van der Waals surface area contributed by atoms with Gasteiger partial charge in [0.25, 0.3) is 0 Å². The highest BCUT2D eigenvalue weighted by Gasteiger charge is 2.00. The third-order valence-corrected chi connectivity index (χ3v) is 1.98.